The van der Waals surface area contributed by atoms with Crippen molar-refractivity contribution in [3.63, 3.8) is 0 Å². The Kier molecular flexibility index (Phi) is 29.3. The first-order valence-electron chi connectivity index (χ1n) is 14.5. The summed E-state index contributed by atoms with van der Waals surface area (Å²) in [4.78, 5) is 0. The van der Waals surface area contributed by atoms with E-state index in [9.17, 15) is 10.2 Å². The second-order valence-corrected chi connectivity index (χ2v) is 12.1. The van der Waals surface area contributed by atoms with Gasteiger partial charge in [-0.25, -0.2) is 3.63 Å². The molecule has 0 aromatic heterocycles. The van der Waals surface area contributed by atoms with Gasteiger partial charge in [-0.3, -0.25) is 0 Å². The molecule has 0 aliphatic carbocycles. The van der Waals surface area contributed by atoms with Crippen LogP contribution in [0.2, 0.25) is 0 Å². The first kappa shape index (κ1) is 33.6. The number of rotatable bonds is 28. The minimum atomic E-state index is 0.156. The summed E-state index contributed by atoms with van der Waals surface area (Å²) in [7, 11) is 0. The van der Waals surface area contributed by atoms with Crippen LogP contribution >= 0.6 is 24.1 Å². The molecule has 0 heterocycles. The lowest BCUT2D eigenvalue weighted by atomic mass is 10.1. The normalized spacial score (nSPS) is 13.5. The zero-order valence-electron chi connectivity index (χ0n) is 22.2. The van der Waals surface area contributed by atoms with E-state index >= 15 is 0 Å². The van der Waals surface area contributed by atoms with Gasteiger partial charge in [0, 0.05) is 24.1 Å². The predicted octanol–water partition coefficient (Wildman–Crippen LogP) is 9.64. The maximum absolute atomic E-state index is 9.64. The van der Waals surface area contributed by atoms with Crippen LogP contribution in [0, 0.1) is 0 Å². The molecule has 0 amide bonds. The largest absolute Gasteiger partial charge is 0.395 e. The zero-order valence-corrected chi connectivity index (χ0v) is 23.9. The molecule has 0 aromatic rings. The quantitative estimate of drug-likeness (QED) is 0.0817. The number of hydrogen-bond acceptors (Lipinski definition) is 5. The Balaban J connectivity index is 3.55. The van der Waals surface area contributed by atoms with Crippen molar-refractivity contribution in [2.75, 3.05) is 13.2 Å². The molecule has 2 N–H and O–H groups in total. The van der Waals surface area contributed by atoms with Gasteiger partial charge in [-0.1, -0.05) is 142 Å². The van der Waals surface area contributed by atoms with Gasteiger partial charge in [-0.15, -0.1) is 0 Å². The Labute approximate surface area is 216 Å². The summed E-state index contributed by atoms with van der Waals surface area (Å²) in [6.45, 7) is 4.88. The lowest BCUT2D eigenvalue weighted by Crippen LogP contribution is -2.11. The van der Waals surface area contributed by atoms with E-state index in [1.54, 1.807) is 0 Å². The van der Waals surface area contributed by atoms with Crippen molar-refractivity contribution in [1.29, 1.82) is 0 Å². The van der Waals surface area contributed by atoms with E-state index in [0.29, 0.717) is 0 Å². The molecule has 5 heteroatoms. The van der Waals surface area contributed by atoms with Gasteiger partial charge in [0.1, 0.15) is 0 Å². The Morgan fingerprint density at radius 2 is 0.727 bits per heavy atom. The molecule has 200 valence electrons. The van der Waals surface area contributed by atoms with Gasteiger partial charge in [-0.05, 0) is 12.8 Å². The van der Waals surface area contributed by atoms with Crippen LogP contribution < -0.4 is 0 Å². The fourth-order valence-electron chi connectivity index (χ4n) is 4.19. The molecule has 0 spiro atoms. The minimum Gasteiger partial charge on any atom is -0.395 e. The van der Waals surface area contributed by atoms with Gasteiger partial charge >= 0.3 is 0 Å². The molecule has 0 bridgehead atoms. The molecular formula is C28H58O3S2. The number of aliphatic hydroxyl groups is 2. The van der Waals surface area contributed by atoms with E-state index in [1.165, 1.54) is 153 Å². The maximum atomic E-state index is 9.64. The van der Waals surface area contributed by atoms with Crippen LogP contribution in [0.1, 0.15) is 155 Å². The van der Waals surface area contributed by atoms with Gasteiger partial charge in [0.2, 0.25) is 0 Å². The van der Waals surface area contributed by atoms with Crippen LogP contribution in [-0.2, 0) is 3.63 Å². The summed E-state index contributed by atoms with van der Waals surface area (Å²) in [6, 6.07) is 0. The molecule has 0 rings (SSSR count). The molecule has 2 unspecified atom stereocenters. The van der Waals surface area contributed by atoms with E-state index in [-0.39, 0.29) is 23.7 Å². The molecule has 0 saturated heterocycles. The lowest BCUT2D eigenvalue weighted by molar-refractivity contribution is 0.284. The molecular weight excluding hydrogens is 448 g/mol. The summed E-state index contributed by atoms with van der Waals surface area (Å²) in [5.41, 5.74) is 0. The third-order valence-corrected chi connectivity index (χ3v) is 8.46. The highest BCUT2D eigenvalue weighted by molar-refractivity contribution is 8.08. The fraction of sp³-hybridized carbons (Fsp3) is 1.00. The lowest BCUT2D eigenvalue weighted by Gasteiger charge is -2.16. The van der Waals surface area contributed by atoms with Crippen LogP contribution in [0.5, 0.6) is 0 Å². The van der Waals surface area contributed by atoms with Crippen molar-refractivity contribution in [2.45, 2.75) is 166 Å². The second kappa shape index (κ2) is 28.8. The number of aliphatic hydroxyl groups excluding tert-OH is 2. The topological polar surface area (TPSA) is 49.7 Å². The van der Waals surface area contributed by atoms with Gasteiger partial charge in [-0.2, -0.15) is 0 Å². The Hall–Kier alpha value is 0.580. The standard InChI is InChI=1S/C28H58O3S2/c1-3-5-7-9-11-13-15-17-19-21-23-27(25-29)32-31-33-28(26-30)24-22-20-18-16-14-12-10-8-6-4-2/h27-30H,3-26H2,1-2H3. The smallest absolute Gasteiger partial charge is 0.0572 e. The third-order valence-electron chi connectivity index (χ3n) is 6.52. The zero-order chi connectivity index (χ0) is 24.2. The van der Waals surface area contributed by atoms with Crippen molar-refractivity contribution in [3.8, 4) is 0 Å². The van der Waals surface area contributed by atoms with Crippen molar-refractivity contribution in [1.82, 2.24) is 0 Å². The van der Waals surface area contributed by atoms with Crippen LogP contribution in [-0.4, -0.2) is 33.9 Å². The highest BCUT2D eigenvalue weighted by Gasteiger charge is 2.13. The van der Waals surface area contributed by atoms with Crippen molar-refractivity contribution >= 4 is 24.1 Å². The maximum Gasteiger partial charge on any atom is 0.0572 e. The average Bonchev–Trinajstić information content (AvgIpc) is 2.83. The molecule has 0 radical (unpaired) electrons. The summed E-state index contributed by atoms with van der Waals surface area (Å²) >= 11 is 2.81. The van der Waals surface area contributed by atoms with Crippen LogP contribution in [0.3, 0.4) is 0 Å². The van der Waals surface area contributed by atoms with Crippen molar-refractivity contribution in [3.05, 3.63) is 0 Å². The number of hydrogen-bond donors (Lipinski definition) is 2. The molecule has 2 atom stereocenters. The van der Waals surface area contributed by atoms with Gasteiger partial charge in [0.05, 0.1) is 23.7 Å². The second-order valence-electron chi connectivity index (χ2n) is 9.81. The van der Waals surface area contributed by atoms with Crippen LogP contribution in [0.4, 0.5) is 0 Å². The van der Waals surface area contributed by atoms with E-state index < -0.39 is 0 Å². The monoisotopic (exact) mass is 506 g/mol. The first-order valence-corrected chi connectivity index (χ1v) is 16.1. The summed E-state index contributed by atoms with van der Waals surface area (Å²) in [5.74, 6) is 0. The molecule has 33 heavy (non-hydrogen) atoms. The molecule has 0 saturated carbocycles. The van der Waals surface area contributed by atoms with E-state index in [1.807, 2.05) is 0 Å². The molecule has 0 aliphatic rings. The third kappa shape index (κ3) is 25.5. The first-order chi connectivity index (χ1) is 16.3. The molecule has 0 aliphatic heterocycles. The summed E-state index contributed by atoms with van der Waals surface area (Å²) in [5, 5.41) is 19.6. The van der Waals surface area contributed by atoms with Crippen LogP contribution in [0.25, 0.3) is 0 Å². The molecule has 0 aromatic carbocycles. The summed E-state index contributed by atoms with van der Waals surface area (Å²) < 4.78 is 5.74. The van der Waals surface area contributed by atoms with Crippen molar-refractivity contribution in [2.24, 2.45) is 0 Å². The van der Waals surface area contributed by atoms with Gasteiger partial charge in [0.25, 0.3) is 0 Å². The van der Waals surface area contributed by atoms with E-state index in [4.69, 9.17) is 3.63 Å². The van der Waals surface area contributed by atoms with Gasteiger partial charge < -0.3 is 10.2 Å². The Morgan fingerprint density at radius 1 is 0.455 bits per heavy atom. The van der Waals surface area contributed by atoms with E-state index in [0.717, 1.165) is 12.8 Å². The van der Waals surface area contributed by atoms with Crippen LogP contribution in [0.15, 0.2) is 0 Å². The van der Waals surface area contributed by atoms with Gasteiger partial charge in [0.15, 0.2) is 0 Å². The SMILES string of the molecule is CCCCCCCCCCCCC(CO)SOSC(CO)CCCCCCCCCCCC. The fourth-order valence-corrected chi connectivity index (χ4v) is 5.91. The number of unbranched alkanes of at least 4 members (excludes halogenated alkanes) is 18. The molecule has 0 fully saturated rings. The highest BCUT2D eigenvalue weighted by atomic mass is 32.2. The van der Waals surface area contributed by atoms with Crippen molar-refractivity contribution < 1.29 is 13.8 Å². The average molecular weight is 507 g/mol. The predicted molar refractivity (Wildman–Crippen MR) is 151 cm³/mol. The highest BCUT2D eigenvalue weighted by Crippen LogP contribution is 2.29. The molecule has 3 nitrogen and oxygen atoms in total. The van der Waals surface area contributed by atoms with E-state index in [2.05, 4.69) is 13.8 Å². The minimum absolute atomic E-state index is 0.156. The Morgan fingerprint density at radius 3 is 1.00 bits per heavy atom. The Bertz CT molecular complexity index is 326. The summed E-state index contributed by atoms with van der Waals surface area (Å²) in [6.07, 6.45) is 28.8.